The first-order valence-electron chi connectivity index (χ1n) is 7.39. The predicted molar refractivity (Wildman–Crippen MR) is 87.3 cm³/mol. The SMILES string of the molecule is CC(C)C1(CNCC(O)COc2ccc(Cl)cc2Cl)CC1. The van der Waals surface area contributed by atoms with Gasteiger partial charge in [-0.05, 0) is 42.4 Å². The molecule has 1 atom stereocenters. The van der Waals surface area contributed by atoms with Gasteiger partial charge in [-0.15, -0.1) is 0 Å². The molecule has 0 heterocycles. The molecule has 0 bridgehead atoms. The molecule has 1 aliphatic rings. The van der Waals surface area contributed by atoms with Crippen LogP contribution in [0.25, 0.3) is 0 Å². The Kier molecular flexibility index (Phi) is 5.78. The van der Waals surface area contributed by atoms with Crippen LogP contribution in [0.4, 0.5) is 0 Å². The summed E-state index contributed by atoms with van der Waals surface area (Å²) in [6.07, 6.45) is 2.01. The molecule has 1 saturated carbocycles. The number of rotatable bonds is 8. The molecule has 0 radical (unpaired) electrons. The Bertz CT molecular complexity index is 475. The highest BCUT2D eigenvalue weighted by Gasteiger charge is 2.44. The molecule has 0 spiro atoms. The maximum Gasteiger partial charge on any atom is 0.138 e. The fourth-order valence-corrected chi connectivity index (χ4v) is 2.91. The first kappa shape index (κ1) is 16.9. The molecule has 2 N–H and O–H groups in total. The van der Waals surface area contributed by atoms with Crippen molar-refractivity contribution in [3.8, 4) is 5.75 Å². The van der Waals surface area contributed by atoms with Crippen molar-refractivity contribution in [2.75, 3.05) is 19.7 Å². The molecule has 0 saturated heterocycles. The Morgan fingerprint density at radius 2 is 2.05 bits per heavy atom. The average Bonchev–Trinajstić information content (AvgIpc) is 3.19. The Labute approximate surface area is 136 Å². The summed E-state index contributed by atoms with van der Waals surface area (Å²) in [7, 11) is 0. The van der Waals surface area contributed by atoms with Crippen molar-refractivity contribution >= 4 is 23.2 Å². The van der Waals surface area contributed by atoms with E-state index in [1.807, 2.05) is 0 Å². The lowest BCUT2D eigenvalue weighted by molar-refractivity contribution is 0.104. The average molecular weight is 332 g/mol. The minimum absolute atomic E-state index is 0.211. The van der Waals surface area contributed by atoms with Crippen LogP contribution in [0.5, 0.6) is 5.75 Å². The first-order valence-corrected chi connectivity index (χ1v) is 8.15. The smallest absolute Gasteiger partial charge is 0.138 e. The van der Waals surface area contributed by atoms with Gasteiger partial charge < -0.3 is 15.2 Å². The summed E-state index contributed by atoms with van der Waals surface area (Å²) < 4.78 is 5.52. The fraction of sp³-hybridized carbons (Fsp3) is 0.625. The largest absolute Gasteiger partial charge is 0.489 e. The molecular weight excluding hydrogens is 309 g/mol. The van der Waals surface area contributed by atoms with Crippen molar-refractivity contribution in [3.63, 3.8) is 0 Å². The van der Waals surface area contributed by atoms with Crippen LogP contribution in [0.3, 0.4) is 0 Å². The summed E-state index contributed by atoms with van der Waals surface area (Å²) in [4.78, 5) is 0. The Hall–Kier alpha value is -0.480. The molecule has 2 rings (SSSR count). The van der Waals surface area contributed by atoms with Gasteiger partial charge in [-0.25, -0.2) is 0 Å². The van der Waals surface area contributed by atoms with E-state index in [1.54, 1.807) is 18.2 Å². The predicted octanol–water partition coefficient (Wildman–Crippen LogP) is 3.76. The lowest BCUT2D eigenvalue weighted by Crippen LogP contribution is -2.36. The van der Waals surface area contributed by atoms with Gasteiger partial charge >= 0.3 is 0 Å². The third kappa shape index (κ3) is 4.75. The highest BCUT2D eigenvalue weighted by atomic mass is 35.5. The van der Waals surface area contributed by atoms with E-state index in [4.69, 9.17) is 27.9 Å². The zero-order valence-electron chi connectivity index (χ0n) is 12.5. The van der Waals surface area contributed by atoms with Crippen LogP contribution >= 0.6 is 23.2 Å². The van der Waals surface area contributed by atoms with Crippen molar-refractivity contribution in [1.82, 2.24) is 5.32 Å². The van der Waals surface area contributed by atoms with Gasteiger partial charge in [-0.3, -0.25) is 0 Å². The van der Waals surface area contributed by atoms with E-state index in [0.717, 1.165) is 6.54 Å². The molecule has 1 aromatic carbocycles. The standard InChI is InChI=1S/C16H23Cl2NO2/c1-11(2)16(5-6-16)10-19-8-13(20)9-21-15-4-3-12(17)7-14(15)18/h3-4,7,11,13,19-20H,5-6,8-10H2,1-2H3. The van der Waals surface area contributed by atoms with Gasteiger partial charge in [0.05, 0.1) is 5.02 Å². The summed E-state index contributed by atoms with van der Waals surface area (Å²) in [6.45, 7) is 6.22. The number of hydrogen-bond acceptors (Lipinski definition) is 3. The van der Waals surface area contributed by atoms with E-state index in [2.05, 4.69) is 19.2 Å². The van der Waals surface area contributed by atoms with Crippen LogP contribution in [0.1, 0.15) is 26.7 Å². The summed E-state index contributed by atoms with van der Waals surface area (Å²) in [5.41, 5.74) is 0.445. The van der Waals surface area contributed by atoms with Gasteiger partial charge in [0.1, 0.15) is 18.5 Å². The molecule has 3 nitrogen and oxygen atoms in total. The second kappa shape index (κ2) is 7.19. The molecule has 21 heavy (non-hydrogen) atoms. The van der Waals surface area contributed by atoms with Crippen LogP contribution in [0.2, 0.25) is 10.0 Å². The minimum Gasteiger partial charge on any atom is -0.489 e. The Morgan fingerprint density at radius 1 is 1.33 bits per heavy atom. The molecular formula is C16H23Cl2NO2. The number of aliphatic hydroxyl groups is 1. The zero-order valence-corrected chi connectivity index (χ0v) is 14.0. The highest BCUT2D eigenvalue weighted by Crippen LogP contribution is 2.51. The number of benzene rings is 1. The molecule has 0 aromatic heterocycles. The molecule has 0 aliphatic heterocycles. The van der Waals surface area contributed by atoms with Gasteiger partial charge in [-0.1, -0.05) is 37.0 Å². The number of aliphatic hydroxyl groups excluding tert-OH is 1. The molecule has 1 unspecified atom stereocenters. The lowest BCUT2D eigenvalue weighted by Gasteiger charge is -2.21. The third-order valence-electron chi connectivity index (χ3n) is 4.30. The van der Waals surface area contributed by atoms with Crippen molar-refractivity contribution in [1.29, 1.82) is 0 Å². The van der Waals surface area contributed by atoms with Crippen LogP contribution in [0.15, 0.2) is 18.2 Å². The van der Waals surface area contributed by atoms with Crippen molar-refractivity contribution in [2.24, 2.45) is 11.3 Å². The normalized spacial score (nSPS) is 17.8. The van der Waals surface area contributed by atoms with Crippen LogP contribution in [-0.4, -0.2) is 30.9 Å². The molecule has 1 fully saturated rings. The Balaban J connectivity index is 1.69. The quantitative estimate of drug-likeness (QED) is 0.762. The van der Waals surface area contributed by atoms with Crippen LogP contribution in [-0.2, 0) is 0 Å². The van der Waals surface area contributed by atoms with E-state index in [9.17, 15) is 5.11 Å². The summed E-state index contributed by atoms with van der Waals surface area (Å²) in [6, 6.07) is 5.05. The van der Waals surface area contributed by atoms with Gasteiger partial charge in [0.25, 0.3) is 0 Å². The monoisotopic (exact) mass is 331 g/mol. The fourth-order valence-electron chi connectivity index (χ4n) is 2.44. The van der Waals surface area contributed by atoms with Crippen LogP contribution < -0.4 is 10.1 Å². The van der Waals surface area contributed by atoms with E-state index in [1.165, 1.54) is 12.8 Å². The number of ether oxygens (including phenoxy) is 1. The van der Waals surface area contributed by atoms with Gasteiger partial charge in [0.2, 0.25) is 0 Å². The van der Waals surface area contributed by atoms with Crippen molar-refractivity contribution in [3.05, 3.63) is 28.2 Å². The topological polar surface area (TPSA) is 41.5 Å². The number of halogens is 2. The zero-order chi connectivity index (χ0) is 15.5. The first-order chi connectivity index (χ1) is 9.93. The molecule has 0 amide bonds. The van der Waals surface area contributed by atoms with Crippen molar-refractivity contribution in [2.45, 2.75) is 32.8 Å². The maximum atomic E-state index is 9.96. The van der Waals surface area contributed by atoms with E-state index >= 15 is 0 Å². The summed E-state index contributed by atoms with van der Waals surface area (Å²) in [5.74, 6) is 1.23. The van der Waals surface area contributed by atoms with Gasteiger partial charge in [-0.2, -0.15) is 0 Å². The summed E-state index contributed by atoms with van der Waals surface area (Å²) >= 11 is 11.8. The second-order valence-electron chi connectivity index (χ2n) is 6.19. The molecule has 1 aromatic rings. The van der Waals surface area contributed by atoms with E-state index < -0.39 is 6.10 Å². The van der Waals surface area contributed by atoms with Crippen LogP contribution in [0, 0.1) is 11.3 Å². The highest BCUT2D eigenvalue weighted by molar-refractivity contribution is 6.35. The Morgan fingerprint density at radius 3 is 2.62 bits per heavy atom. The summed E-state index contributed by atoms with van der Waals surface area (Å²) in [5, 5.41) is 14.3. The minimum atomic E-state index is -0.556. The molecule has 5 heteroatoms. The molecule has 118 valence electrons. The van der Waals surface area contributed by atoms with Crippen molar-refractivity contribution < 1.29 is 9.84 Å². The van der Waals surface area contributed by atoms with E-state index in [0.29, 0.717) is 33.7 Å². The second-order valence-corrected chi connectivity index (χ2v) is 7.03. The van der Waals surface area contributed by atoms with Gasteiger partial charge in [0.15, 0.2) is 0 Å². The lowest BCUT2D eigenvalue weighted by atomic mass is 9.92. The molecule has 1 aliphatic carbocycles. The third-order valence-corrected chi connectivity index (χ3v) is 4.83. The van der Waals surface area contributed by atoms with E-state index in [-0.39, 0.29) is 6.61 Å². The number of nitrogens with one attached hydrogen (secondary N) is 1. The number of hydrogen-bond donors (Lipinski definition) is 2. The maximum absolute atomic E-state index is 9.96. The van der Waals surface area contributed by atoms with Gasteiger partial charge in [0, 0.05) is 18.1 Å².